The Labute approximate surface area is 69.1 Å². The van der Waals surface area contributed by atoms with Crippen LogP contribution in [-0.4, -0.2) is 18.8 Å². The number of nitrogens with two attached hydrogens (primary N) is 1. The van der Waals surface area contributed by atoms with E-state index in [2.05, 4.69) is 13.8 Å². The Morgan fingerprint density at radius 3 is 2.73 bits per heavy atom. The first-order valence-electron chi connectivity index (χ1n) is 4.57. The van der Waals surface area contributed by atoms with E-state index in [4.69, 9.17) is 10.5 Å². The first kappa shape index (κ1) is 9.01. The van der Waals surface area contributed by atoms with Crippen LogP contribution >= 0.6 is 0 Å². The number of hydrogen-bond donors (Lipinski definition) is 1. The minimum atomic E-state index is 0.300. The molecule has 11 heavy (non-hydrogen) atoms. The SMILES string of the molecule is CC(C)CCC1OCCC1N. The van der Waals surface area contributed by atoms with Gasteiger partial charge in [-0.15, -0.1) is 0 Å². The maximum Gasteiger partial charge on any atom is 0.0726 e. The first-order chi connectivity index (χ1) is 5.20. The summed E-state index contributed by atoms with van der Waals surface area (Å²) < 4.78 is 5.49. The van der Waals surface area contributed by atoms with Gasteiger partial charge >= 0.3 is 0 Å². The standard InChI is InChI=1S/C9H19NO/c1-7(2)3-4-9-8(10)5-6-11-9/h7-9H,3-6,10H2,1-2H3. The molecule has 0 spiro atoms. The van der Waals surface area contributed by atoms with Crippen LogP contribution < -0.4 is 5.73 Å². The average molecular weight is 157 g/mol. The first-order valence-corrected chi connectivity index (χ1v) is 4.57. The van der Waals surface area contributed by atoms with Crippen molar-refractivity contribution in [3.8, 4) is 0 Å². The zero-order valence-corrected chi connectivity index (χ0v) is 7.55. The smallest absolute Gasteiger partial charge is 0.0726 e. The van der Waals surface area contributed by atoms with Gasteiger partial charge in [-0.1, -0.05) is 13.8 Å². The van der Waals surface area contributed by atoms with Gasteiger partial charge in [-0.25, -0.2) is 0 Å². The van der Waals surface area contributed by atoms with Crippen LogP contribution in [0.4, 0.5) is 0 Å². The summed E-state index contributed by atoms with van der Waals surface area (Å²) in [6.07, 6.45) is 3.76. The molecule has 2 unspecified atom stereocenters. The molecule has 1 aliphatic rings. The molecule has 0 aromatic carbocycles. The van der Waals surface area contributed by atoms with E-state index < -0.39 is 0 Å². The summed E-state index contributed by atoms with van der Waals surface area (Å²) in [7, 11) is 0. The summed E-state index contributed by atoms with van der Waals surface area (Å²) in [4.78, 5) is 0. The molecule has 0 aromatic rings. The normalized spacial score (nSPS) is 31.6. The van der Waals surface area contributed by atoms with Gasteiger partial charge in [-0.2, -0.15) is 0 Å². The molecule has 0 radical (unpaired) electrons. The van der Waals surface area contributed by atoms with Gasteiger partial charge in [0.1, 0.15) is 0 Å². The monoisotopic (exact) mass is 157 g/mol. The van der Waals surface area contributed by atoms with Crippen molar-refractivity contribution in [2.24, 2.45) is 11.7 Å². The van der Waals surface area contributed by atoms with Crippen molar-refractivity contribution >= 4 is 0 Å². The van der Waals surface area contributed by atoms with Crippen LogP contribution in [0.3, 0.4) is 0 Å². The molecule has 2 N–H and O–H groups in total. The summed E-state index contributed by atoms with van der Waals surface area (Å²) in [6.45, 7) is 5.34. The minimum Gasteiger partial charge on any atom is -0.377 e. The van der Waals surface area contributed by atoms with Crippen molar-refractivity contribution in [2.45, 2.75) is 45.3 Å². The van der Waals surface area contributed by atoms with Crippen molar-refractivity contribution in [1.82, 2.24) is 0 Å². The maximum atomic E-state index is 5.84. The summed E-state index contributed by atoms with van der Waals surface area (Å²) in [5, 5.41) is 0. The van der Waals surface area contributed by atoms with Crippen LogP contribution in [0.25, 0.3) is 0 Å². The molecule has 2 heteroatoms. The van der Waals surface area contributed by atoms with Crippen LogP contribution in [0.5, 0.6) is 0 Å². The van der Waals surface area contributed by atoms with Gasteiger partial charge in [0.25, 0.3) is 0 Å². The highest BCUT2D eigenvalue weighted by Crippen LogP contribution is 2.18. The van der Waals surface area contributed by atoms with E-state index in [0.29, 0.717) is 12.1 Å². The molecule has 0 saturated carbocycles. The van der Waals surface area contributed by atoms with Crippen molar-refractivity contribution in [3.63, 3.8) is 0 Å². The van der Waals surface area contributed by atoms with Crippen LogP contribution in [-0.2, 0) is 4.74 Å². The summed E-state index contributed by atoms with van der Waals surface area (Å²) in [6, 6.07) is 0.300. The second kappa shape index (κ2) is 4.07. The number of rotatable bonds is 3. The van der Waals surface area contributed by atoms with E-state index in [9.17, 15) is 0 Å². The lowest BCUT2D eigenvalue weighted by molar-refractivity contribution is 0.0926. The molecule has 2 atom stereocenters. The van der Waals surface area contributed by atoms with Gasteiger partial charge in [0.15, 0.2) is 0 Å². The Kier molecular flexibility index (Phi) is 3.34. The molecular formula is C9H19NO. The molecule has 0 aliphatic carbocycles. The van der Waals surface area contributed by atoms with Gasteiger partial charge < -0.3 is 10.5 Å². The van der Waals surface area contributed by atoms with E-state index in [-0.39, 0.29) is 0 Å². The molecule has 1 fully saturated rings. The molecular weight excluding hydrogens is 138 g/mol. The molecule has 1 saturated heterocycles. The predicted molar refractivity (Wildman–Crippen MR) is 46.4 cm³/mol. The lowest BCUT2D eigenvalue weighted by atomic mass is 10.0. The maximum absolute atomic E-state index is 5.84. The fourth-order valence-electron chi connectivity index (χ4n) is 1.46. The average Bonchev–Trinajstić information content (AvgIpc) is 2.31. The highest BCUT2D eigenvalue weighted by Gasteiger charge is 2.24. The third-order valence-electron chi connectivity index (χ3n) is 2.29. The van der Waals surface area contributed by atoms with Gasteiger partial charge in [0, 0.05) is 12.6 Å². The Balaban J connectivity index is 2.15. The van der Waals surface area contributed by atoms with Gasteiger partial charge in [-0.05, 0) is 25.2 Å². The molecule has 2 nitrogen and oxygen atoms in total. The quantitative estimate of drug-likeness (QED) is 0.674. The Morgan fingerprint density at radius 1 is 1.55 bits per heavy atom. The minimum absolute atomic E-state index is 0.300. The van der Waals surface area contributed by atoms with Crippen LogP contribution in [0.2, 0.25) is 0 Å². The van der Waals surface area contributed by atoms with E-state index in [1.54, 1.807) is 0 Å². The van der Waals surface area contributed by atoms with E-state index in [1.807, 2.05) is 0 Å². The molecule has 1 aliphatic heterocycles. The molecule has 1 heterocycles. The fourth-order valence-corrected chi connectivity index (χ4v) is 1.46. The molecule has 1 rings (SSSR count). The second-order valence-corrected chi connectivity index (χ2v) is 3.83. The van der Waals surface area contributed by atoms with Gasteiger partial charge in [-0.3, -0.25) is 0 Å². The van der Waals surface area contributed by atoms with Crippen LogP contribution in [0.1, 0.15) is 33.1 Å². The largest absolute Gasteiger partial charge is 0.377 e. The Morgan fingerprint density at radius 2 is 2.27 bits per heavy atom. The van der Waals surface area contributed by atoms with E-state index >= 15 is 0 Å². The zero-order valence-electron chi connectivity index (χ0n) is 7.55. The summed E-state index contributed by atoms with van der Waals surface area (Å²) in [5.74, 6) is 0.770. The van der Waals surface area contributed by atoms with Crippen LogP contribution in [0.15, 0.2) is 0 Å². The Bertz CT molecular complexity index is 114. The number of ether oxygens (including phenoxy) is 1. The van der Waals surface area contributed by atoms with Gasteiger partial charge in [0.05, 0.1) is 6.10 Å². The number of hydrogen-bond acceptors (Lipinski definition) is 2. The molecule has 0 bridgehead atoms. The Hall–Kier alpha value is -0.0800. The highest BCUT2D eigenvalue weighted by molar-refractivity contribution is 4.78. The molecule has 0 amide bonds. The lowest BCUT2D eigenvalue weighted by Gasteiger charge is -2.15. The lowest BCUT2D eigenvalue weighted by Crippen LogP contribution is -2.30. The zero-order chi connectivity index (χ0) is 8.27. The van der Waals surface area contributed by atoms with E-state index in [1.165, 1.54) is 6.42 Å². The van der Waals surface area contributed by atoms with Crippen molar-refractivity contribution in [3.05, 3.63) is 0 Å². The summed E-state index contributed by atoms with van der Waals surface area (Å²) in [5.41, 5.74) is 5.84. The third-order valence-corrected chi connectivity index (χ3v) is 2.29. The summed E-state index contributed by atoms with van der Waals surface area (Å²) >= 11 is 0. The molecule has 0 aromatic heterocycles. The predicted octanol–water partition coefficient (Wildman–Crippen LogP) is 1.54. The fraction of sp³-hybridized carbons (Fsp3) is 1.00. The van der Waals surface area contributed by atoms with Crippen molar-refractivity contribution < 1.29 is 4.74 Å². The third kappa shape index (κ3) is 2.80. The van der Waals surface area contributed by atoms with E-state index in [0.717, 1.165) is 25.4 Å². The second-order valence-electron chi connectivity index (χ2n) is 3.83. The van der Waals surface area contributed by atoms with Crippen molar-refractivity contribution in [1.29, 1.82) is 0 Å². The highest BCUT2D eigenvalue weighted by atomic mass is 16.5. The van der Waals surface area contributed by atoms with Gasteiger partial charge in [0.2, 0.25) is 0 Å². The van der Waals surface area contributed by atoms with Crippen LogP contribution in [0, 0.1) is 5.92 Å². The topological polar surface area (TPSA) is 35.2 Å². The molecule has 66 valence electrons. The van der Waals surface area contributed by atoms with Crippen molar-refractivity contribution in [2.75, 3.05) is 6.61 Å².